The van der Waals surface area contributed by atoms with Crippen LogP contribution in [0.3, 0.4) is 0 Å². The fourth-order valence-corrected chi connectivity index (χ4v) is 3.48. The Hall–Kier alpha value is -3.33. The third kappa shape index (κ3) is 3.31. The van der Waals surface area contributed by atoms with Gasteiger partial charge in [-0.25, -0.2) is 9.78 Å². The average molecular weight is 396 g/mol. The van der Waals surface area contributed by atoms with Crippen LogP contribution >= 0.6 is 11.3 Å². The van der Waals surface area contributed by atoms with Crippen molar-refractivity contribution in [2.24, 2.45) is 0 Å². The molecule has 0 radical (unpaired) electrons. The minimum atomic E-state index is -0.536. The third-order valence-corrected chi connectivity index (χ3v) is 4.92. The van der Waals surface area contributed by atoms with Gasteiger partial charge in [-0.15, -0.1) is 0 Å². The van der Waals surface area contributed by atoms with E-state index in [1.54, 1.807) is 29.7 Å². The quantitative estimate of drug-likeness (QED) is 0.478. The molecule has 0 amide bonds. The number of carbonyl (C=O) groups excluding carboxylic acids is 1. The summed E-state index contributed by atoms with van der Waals surface area (Å²) in [4.78, 5) is 33.1. The minimum absolute atomic E-state index is 0.130. The molecule has 0 saturated heterocycles. The Kier molecular flexibility index (Phi) is 4.74. The minimum Gasteiger partial charge on any atom is -0.452 e. The molecule has 8 nitrogen and oxygen atoms in total. The Morgan fingerprint density at radius 3 is 2.89 bits per heavy atom. The molecule has 3 aromatic heterocycles. The lowest BCUT2D eigenvalue weighted by Gasteiger charge is -2.09. The standard InChI is InChI=1S/C19H16N4O4S/c1-3-23-15-5-4-12(8-14(15)20-11(2)18(23)24)19(25)26-9-16-21-17(22-27-16)13-6-7-28-10-13/h4-8,10H,3,9H2,1-2H3. The maximum Gasteiger partial charge on any atom is 0.338 e. The number of ether oxygens (including phenoxy) is 1. The molecule has 0 aliphatic carbocycles. The zero-order valence-corrected chi connectivity index (χ0v) is 16.0. The molecule has 0 aliphatic rings. The summed E-state index contributed by atoms with van der Waals surface area (Å²) in [7, 11) is 0. The van der Waals surface area contributed by atoms with Crippen LogP contribution in [0.2, 0.25) is 0 Å². The molecule has 1 aromatic carbocycles. The number of fused-ring (bicyclic) bond motifs is 1. The van der Waals surface area contributed by atoms with E-state index in [2.05, 4.69) is 15.1 Å². The molecule has 0 atom stereocenters. The van der Waals surface area contributed by atoms with E-state index in [4.69, 9.17) is 9.26 Å². The lowest BCUT2D eigenvalue weighted by atomic mass is 10.2. The first-order chi connectivity index (χ1) is 13.6. The zero-order chi connectivity index (χ0) is 19.7. The molecule has 0 unspecified atom stereocenters. The van der Waals surface area contributed by atoms with E-state index in [1.807, 2.05) is 23.8 Å². The zero-order valence-electron chi connectivity index (χ0n) is 15.2. The number of carbonyl (C=O) groups is 1. The number of hydrogen-bond donors (Lipinski definition) is 0. The van der Waals surface area contributed by atoms with Gasteiger partial charge in [0.25, 0.3) is 11.4 Å². The smallest absolute Gasteiger partial charge is 0.338 e. The number of benzene rings is 1. The van der Waals surface area contributed by atoms with Gasteiger partial charge in [0.2, 0.25) is 5.82 Å². The van der Waals surface area contributed by atoms with Crippen LogP contribution in [0.15, 0.2) is 44.3 Å². The normalized spacial score (nSPS) is 11.1. The van der Waals surface area contributed by atoms with Crippen LogP contribution in [-0.4, -0.2) is 25.7 Å². The first-order valence-electron chi connectivity index (χ1n) is 8.60. The number of aryl methyl sites for hydroxylation is 2. The number of hydrogen-bond acceptors (Lipinski definition) is 8. The monoisotopic (exact) mass is 396 g/mol. The number of thiophene rings is 1. The average Bonchev–Trinajstić information content (AvgIpc) is 3.38. The highest BCUT2D eigenvalue weighted by atomic mass is 32.1. The first-order valence-corrected chi connectivity index (χ1v) is 9.54. The third-order valence-electron chi connectivity index (χ3n) is 4.24. The number of esters is 1. The number of nitrogens with zero attached hydrogens (tertiary/aromatic N) is 4. The van der Waals surface area contributed by atoms with E-state index >= 15 is 0 Å². The van der Waals surface area contributed by atoms with Gasteiger partial charge < -0.3 is 13.8 Å². The molecule has 0 aliphatic heterocycles. The fraction of sp³-hybridized carbons (Fsp3) is 0.211. The van der Waals surface area contributed by atoms with E-state index in [0.29, 0.717) is 34.7 Å². The molecule has 28 heavy (non-hydrogen) atoms. The van der Waals surface area contributed by atoms with Crippen LogP contribution < -0.4 is 5.56 Å². The molecule has 0 saturated carbocycles. The summed E-state index contributed by atoms with van der Waals surface area (Å²) in [5.41, 5.74) is 2.66. The predicted octanol–water partition coefficient (Wildman–Crippen LogP) is 3.19. The van der Waals surface area contributed by atoms with E-state index in [0.717, 1.165) is 5.56 Å². The summed E-state index contributed by atoms with van der Waals surface area (Å²) >= 11 is 1.53. The lowest BCUT2D eigenvalue weighted by Crippen LogP contribution is -2.23. The van der Waals surface area contributed by atoms with Gasteiger partial charge in [-0.2, -0.15) is 16.3 Å². The van der Waals surface area contributed by atoms with Crippen LogP contribution in [0.4, 0.5) is 0 Å². The van der Waals surface area contributed by atoms with Crippen molar-refractivity contribution < 1.29 is 14.1 Å². The Bertz CT molecular complexity index is 1210. The van der Waals surface area contributed by atoms with Gasteiger partial charge in [-0.1, -0.05) is 5.16 Å². The Morgan fingerprint density at radius 1 is 1.29 bits per heavy atom. The van der Waals surface area contributed by atoms with Crippen molar-refractivity contribution in [2.45, 2.75) is 27.0 Å². The summed E-state index contributed by atoms with van der Waals surface area (Å²) < 4.78 is 12.0. The largest absolute Gasteiger partial charge is 0.452 e. The summed E-state index contributed by atoms with van der Waals surface area (Å²) in [6.45, 7) is 3.93. The summed E-state index contributed by atoms with van der Waals surface area (Å²) in [6, 6.07) is 6.80. The topological polar surface area (TPSA) is 100 Å². The van der Waals surface area contributed by atoms with Crippen LogP contribution in [0, 0.1) is 6.92 Å². The lowest BCUT2D eigenvalue weighted by molar-refractivity contribution is 0.0430. The number of rotatable bonds is 5. The van der Waals surface area contributed by atoms with Gasteiger partial charge in [0, 0.05) is 17.5 Å². The van der Waals surface area contributed by atoms with Crippen molar-refractivity contribution >= 4 is 28.3 Å². The molecule has 4 rings (SSSR count). The molecule has 0 fully saturated rings. The van der Waals surface area contributed by atoms with Crippen LogP contribution in [0.1, 0.15) is 28.9 Å². The van der Waals surface area contributed by atoms with Crippen LogP contribution in [0.25, 0.3) is 22.4 Å². The summed E-state index contributed by atoms with van der Waals surface area (Å²) in [5.74, 6) is 0.130. The maximum absolute atomic E-state index is 12.4. The number of aromatic nitrogens is 4. The molecule has 3 heterocycles. The molecule has 0 bridgehead atoms. The Labute approximate surface area is 163 Å². The highest BCUT2D eigenvalue weighted by Crippen LogP contribution is 2.19. The molecular weight excluding hydrogens is 380 g/mol. The predicted molar refractivity (Wildman–Crippen MR) is 103 cm³/mol. The van der Waals surface area contributed by atoms with Crippen molar-refractivity contribution in [2.75, 3.05) is 0 Å². The molecule has 4 aromatic rings. The van der Waals surface area contributed by atoms with Gasteiger partial charge in [0.15, 0.2) is 6.61 Å². The highest BCUT2D eigenvalue weighted by molar-refractivity contribution is 7.08. The molecule has 9 heteroatoms. The van der Waals surface area contributed by atoms with E-state index in [1.165, 1.54) is 11.3 Å². The molecule has 0 N–H and O–H groups in total. The first kappa shape index (κ1) is 18.1. The van der Waals surface area contributed by atoms with Crippen molar-refractivity contribution in [3.8, 4) is 11.4 Å². The van der Waals surface area contributed by atoms with E-state index in [9.17, 15) is 9.59 Å². The van der Waals surface area contributed by atoms with Crippen LogP contribution in [0.5, 0.6) is 0 Å². The summed E-state index contributed by atoms with van der Waals surface area (Å²) in [6.07, 6.45) is 0. The van der Waals surface area contributed by atoms with Crippen molar-refractivity contribution in [1.29, 1.82) is 0 Å². The Balaban J connectivity index is 1.53. The van der Waals surface area contributed by atoms with Gasteiger partial charge >= 0.3 is 5.97 Å². The van der Waals surface area contributed by atoms with Crippen molar-refractivity contribution in [1.82, 2.24) is 19.7 Å². The second kappa shape index (κ2) is 7.35. The Morgan fingerprint density at radius 2 is 2.14 bits per heavy atom. The SMILES string of the molecule is CCn1c(=O)c(C)nc2cc(C(=O)OCc3nc(-c4ccsc4)no3)ccc21. The molecule has 0 spiro atoms. The molecular formula is C19H16N4O4S. The summed E-state index contributed by atoms with van der Waals surface area (Å²) in [5, 5.41) is 7.69. The van der Waals surface area contributed by atoms with Gasteiger partial charge in [-0.3, -0.25) is 4.79 Å². The van der Waals surface area contributed by atoms with Crippen molar-refractivity contribution in [3.05, 3.63) is 62.5 Å². The van der Waals surface area contributed by atoms with Crippen molar-refractivity contribution in [3.63, 3.8) is 0 Å². The van der Waals surface area contributed by atoms with Crippen LogP contribution in [-0.2, 0) is 17.9 Å². The second-order valence-corrected chi connectivity index (χ2v) is 6.83. The van der Waals surface area contributed by atoms with Gasteiger partial charge in [0.1, 0.15) is 5.69 Å². The van der Waals surface area contributed by atoms with Gasteiger partial charge in [-0.05, 0) is 43.5 Å². The molecule has 142 valence electrons. The highest BCUT2D eigenvalue weighted by Gasteiger charge is 2.15. The van der Waals surface area contributed by atoms with E-state index < -0.39 is 5.97 Å². The second-order valence-electron chi connectivity index (χ2n) is 6.05. The van der Waals surface area contributed by atoms with Gasteiger partial charge in [0.05, 0.1) is 16.6 Å². The fourth-order valence-electron chi connectivity index (χ4n) is 2.85. The maximum atomic E-state index is 12.4. The van der Waals surface area contributed by atoms with E-state index in [-0.39, 0.29) is 18.1 Å².